The normalized spacial score (nSPS) is 17.4. The van der Waals surface area contributed by atoms with Crippen LogP contribution in [0.1, 0.15) is 36.0 Å². The lowest BCUT2D eigenvalue weighted by Crippen LogP contribution is -2.40. The van der Waals surface area contributed by atoms with Crippen molar-refractivity contribution in [3.63, 3.8) is 0 Å². The molecule has 1 fully saturated rings. The van der Waals surface area contributed by atoms with Gasteiger partial charge < -0.3 is 19.4 Å². The Morgan fingerprint density at radius 2 is 2.21 bits per heavy atom. The molecule has 1 amide bonds. The van der Waals surface area contributed by atoms with Crippen LogP contribution >= 0.6 is 0 Å². The quantitative estimate of drug-likeness (QED) is 0.698. The summed E-state index contributed by atoms with van der Waals surface area (Å²) >= 11 is 0. The van der Waals surface area contributed by atoms with E-state index >= 15 is 0 Å². The number of carbonyl (C=O) groups is 1. The Morgan fingerprint density at radius 1 is 1.34 bits per heavy atom. The first-order chi connectivity index (χ1) is 14.0. The van der Waals surface area contributed by atoms with Crippen LogP contribution in [0.3, 0.4) is 0 Å². The number of hydrogen-bond donors (Lipinski definition) is 1. The van der Waals surface area contributed by atoms with E-state index in [1.165, 1.54) is 0 Å². The zero-order valence-corrected chi connectivity index (χ0v) is 17.6. The van der Waals surface area contributed by atoms with Crippen molar-refractivity contribution in [2.75, 3.05) is 33.7 Å². The third kappa shape index (κ3) is 4.50. The van der Waals surface area contributed by atoms with Gasteiger partial charge in [0, 0.05) is 44.5 Å². The van der Waals surface area contributed by atoms with Crippen LogP contribution in [0.15, 0.2) is 30.6 Å². The number of aromatic nitrogens is 4. The summed E-state index contributed by atoms with van der Waals surface area (Å²) in [5, 5.41) is 0. The molecule has 2 aromatic heterocycles. The van der Waals surface area contributed by atoms with Crippen molar-refractivity contribution in [2.45, 2.75) is 38.6 Å². The lowest BCUT2D eigenvalue weighted by atomic mass is 9.96. The Morgan fingerprint density at radius 3 is 3.03 bits per heavy atom. The van der Waals surface area contributed by atoms with Gasteiger partial charge in [0.2, 0.25) is 5.91 Å². The Kier molecular flexibility index (Phi) is 5.67. The minimum atomic E-state index is 0.191. The fraction of sp³-hybridized carbons (Fsp3) is 0.500. The van der Waals surface area contributed by atoms with Gasteiger partial charge in [0.05, 0.1) is 17.5 Å². The van der Waals surface area contributed by atoms with Gasteiger partial charge in [0.25, 0.3) is 0 Å². The summed E-state index contributed by atoms with van der Waals surface area (Å²) in [5.74, 6) is 2.50. The number of nitrogens with zero attached hydrogens (tertiary/aromatic N) is 5. The molecule has 1 aliphatic rings. The third-order valence-corrected chi connectivity index (χ3v) is 5.70. The second kappa shape index (κ2) is 8.37. The van der Waals surface area contributed by atoms with Crippen molar-refractivity contribution in [3.8, 4) is 0 Å². The molecule has 1 N–H and O–H groups in total. The first-order valence-electron chi connectivity index (χ1n) is 10.4. The largest absolute Gasteiger partial charge is 0.342 e. The number of aryl methyl sites for hydroxylation is 1. The van der Waals surface area contributed by atoms with E-state index in [2.05, 4.69) is 44.7 Å². The highest BCUT2D eigenvalue weighted by Gasteiger charge is 2.27. The van der Waals surface area contributed by atoms with Crippen molar-refractivity contribution in [1.82, 2.24) is 29.3 Å². The van der Waals surface area contributed by atoms with Crippen molar-refractivity contribution < 1.29 is 4.79 Å². The van der Waals surface area contributed by atoms with E-state index in [0.29, 0.717) is 12.3 Å². The molecule has 29 heavy (non-hydrogen) atoms. The van der Waals surface area contributed by atoms with Crippen LogP contribution in [0.4, 0.5) is 0 Å². The monoisotopic (exact) mass is 394 g/mol. The van der Waals surface area contributed by atoms with E-state index in [1.807, 2.05) is 36.2 Å². The number of hydrogen-bond acceptors (Lipinski definition) is 4. The van der Waals surface area contributed by atoms with Gasteiger partial charge in [-0.1, -0.05) is 6.07 Å². The molecule has 0 saturated carbocycles. The highest BCUT2D eigenvalue weighted by molar-refractivity contribution is 5.82. The number of rotatable bonds is 6. The summed E-state index contributed by atoms with van der Waals surface area (Å²) in [5.41, 5.74) is 2.97. The van der Waals surface area contributed by atoms with Gasteiger partial charge in [-0.3, -0.25) is 4.79 Å². The Bertz CT molecular complexity index is 988. The summed E-state index contributed by atoms with van der Waals surface area (Å²) < 4.78 is 2.24. The number of likely N-dealkylation sites (tertiary alicyclic amines) is 1. The molecule has 1 saturated heterocycles. The van der Waals surface area contributed by atoms with E-state index in [0.717, 1.165) is 67.3 Å². The van der Waals surface area contributed by atoms with Gasteiger partial charge >= 0.3 is 0 Å². The molecular formula is C22H30N6O. The Balaban J connectivity index is 1.42. The average Bonchev–Trinajstić information content (AvgIpc) is 3.31. The molecule has 4 rings (SSSR count). The smallest absolute Gasteiger partial charge is 0.227 e. The molecule has 0 aliphatic carbocycles. The highest BCUT2D eigenvalue weighted by atomic mass is 16.2. The molecule has 1 aliphatic heterocycles. The van der Waals surface area contributed by atoms with Crippen LogP contribution in [0.25, 0.3) is 11.0 Å². The van der Waals surface area contributed by atoms with Gasteiger partial charge in [-0.05, 0) is 51.6 Å². The summed E-state index contributed by atoms with van der Waals surface area (Å²) in [6.07, 6.45) is 6.47. The van der Waals surface area contributed by atoms with E-state index in [9.17, 15) is 4.79 Å². The second-order valence-electron chi connectivity index (χ2n) is 8.31. The maximum absolute atomic E-state index is 13.0. The second-order valence-corrected chi connectivity index (χ2v) is 8.31. The third-order valence-electron chi connectivity index (χ3n) is 5.70. The number of carbonyl (C=O) groups excluding carboxylic acids is 1. The number of aromatic amines is 1. The maximum atomic E-state index is 13.0. The van der Waals surface area contributed by atoms with Crippen LogP contribution in [0.5, 0.6) is 0 Å². The molecule has 7 heteroatoms. The summed E-state index contributed by atoms with van der Waals surface area (Å²) in [4.78, 5) is 29.5. The molecule has 0 radical (unpaired) electrons. The number of H-pyrrole nitrogens is 1. The van der Waals surface area contributed by atoms with Gasteiger partial charge in [-0.25, -0.2) is 9.97 Å². The summed E-state index contributed by atoms with van der Waals surface area (Å²) in [6, 6.07) is 6.04. The number of piperidine rings is 1. The fourth-order valence-corrected chi connectivity index (χ4v) is 4.17. The van der Waals surface area contributed by atoms with Crippen LogP contribution in [-0.4, -0.2) is 69.0 Å². The predicted molar refractivity (Wildman–Crippen MR) is 114 cm³/mol. The minimum absolute atomic E-state index is 0.191. The highest BCUT2D eigenvalue weighted by Crippen LogP contribution is 2.26. The zero-order chi connectivity index (χ0) is 20.4. The van der Waals surface area contributed by atoms with Gasteiger partial charge in [-0.15, -0.1) is 0 Å². The van der Waals surface area contributed by atoms with E-state index < -0.39 is 0 Å². The van der Waals surface area contributed by atoms with Crippen LogP contribution in [-0.2, 0) is 17.8 Å². The molecule has 0 unspecified atom stereocenters. The molecular weight excluding hydrogens is 364 g/mol. The lowest BCUT2D eigenvalue weighted by Gasteiger charge is -2.33. The molecule has 3 heterocycles. The number of nitrogens with one attached hydrogen (secondary N) is 1. The standard InChI is InChI=1S/C22H30N6O/c1-16-24-19-7-6-17(13-20(19)25-16)14-21(29)28-9-4-5-18(15-28)22-23-8-10-27(22)12-11-26(2)3/h6-8,10,13,18H,4-5,9,11-12,14-15H2,1-3H3,(H,24,25)/t18-/m0/s1. The van der Waals surface area contributed by atoms with E-state index in [4.69, 9.17) is 0 Å². The Labute approximate surface area is 171 Å². The summed E-state index contributed by atoms with van der Waals surface area (Å²) in [6.45, 7) is 5.44. The van der Waals surface area contributed by atoms with Crippen molar-refractivity contribution in [3.05, 3.63) is 47.8 Å². The number of imidazole rings is 2. The van der Waals surface area contributed by atoms with Gasteiger partial charge in [-0.2, -0.15) is 0 Å². The van der Waals surface area contributed by atoms with Crippen LogP contribution < -0.4 is 0 Å². The summed E-state index contributed by atoms with van der Waals surface area (Å²) in [7, 11) is 4.17. The first kappa shape index (κ1) is 19.6. The predicted octanol–water partition coefficient (Wildman–Crippen LogP) is 2.58. The molecule has 1 aromatic carbocycles. The number of amides is 1. The van der Waals surface area contributed by atoms with E-state index in [-0.39, 0.29) is 5.91 Å². The molecule has 0 bridgehead atoms. The fourth-order valence-electron chi connectivity index (χ4n) is 4.17. The molecule has 0 spiro atoms. The molecule has 3 aromatic rings. The minimum Gasteiger partial charge on any atom is -0.342 e. The van der Waals surface area contributed by atoms with E-state index in [1.54, 1.807) is 0 Å². The molecule has 1 atom stereocenters. The lowest BCUT2D eigenvalue weighted by molar-refractivity contribution is -0.131. The van der Waals surface area contributed by atoms with Gasteiger partial charge in [0.1, 0.15) is 11.6 Å². The molecule has 7 nitrogen and oxygen atoms in total. The topological polar surface area (TPSA) is 70.1 Å². The Hall–Kier alpha value is -2.67. The number of benzene rings is 1. The first-order valence-corrected chi connectivity index (χ1v) is 10.4. The van der Waals surface area contributed by atoms with Gasteiger partial charge in [0.15, 0.2) is 0 Å². The number of likely N-dealkylation sites (N-methyl/N-ethyl adjacent to an activating group) is 1. The van der Waals surface area contributed by atoms with Crippen LogP contribution in [0.2, 0.25) is 0 Å². The SMILES string of the molecule is Cc1nc2ccc(CC(=O)N3CCC[C@H](c4nccn4CCN(C)C)C3)cc2[nH]1. The van der Waals surface area contributed by atoms with Crippen molar-refractivity contribution in [1.29, 1.82) is 0 Å². The van der Waals surface area contributed by atoms with Crippen LogP contribution in [0, 0.1) is 6.92 Å². The molecule has 154 valence electrons. The van der Waals surface area contributed by atoms with Crippen molar-refractivity contribution in [2.24, 2.45) is 0 Å². The number of fused-ring (bicyclic) bond motifs is 1. The zero-order valence-electron chi connectivity index (χ0n) is 17.6. The maximum Gasteiger partial charge on any atom is 0.227 e. The average molecular weight is 395 g/mol. The van der Waals surface area contributed by atoms with Crippen molar-refractivity contribution >= 4 is 16.9 Å².